The van der Waals surface area contributed by atoms with Gasteiger partial charge >= 0.3 is 12.2 Å². The molecule has 1 aromatic heterocycles. The number of hydrogen-bond donors (Lipinski definition) is 1. The molecule has 1 aromatic carbocycles. The van der Waals surface area contributed by atoms with E-state index in [2.05, 4.69) is 60.5 Å². The van der Waals surface area contributed by atoms with Gasteiger partial charge in [-0.05, 0) is 30.3 Å². The van der Waals surface area contributed by atoms with Gasteiger partial charge in [-0.3, -0.25) is 9.88 Å². The van der Waals surface area contributed by atoms with Crippen molar-refractivity contribution in [1.29, 1.82) is 0 Å². The Morgan fingerprint density at radius 1 is 1.03 bits per heavy atom. The van der Waals surface area contributed by atoms with Crippen LogP contribution in [0.2, 0.25) is 51.4 Å². The minimum absolute atomic E-state index is 0.403. The zero-order valence-corrected chi connectivity index (χ0v) is 22.8. The van der Waals surface area contributed by atoms with Crippen LogP contribution in [0.1, 0.15) is 5.56 Å². The van der Waals surface area contributed by atoms with Crippen molar-refractivity contribution in [2.45, 2.75) is 51.4 Å². The predicted octanol–water partition coefficient (Wildman–Crippen LogP) is 6.76. The number of benzene rings is 1. The van der Waals surface area contributed by atoms with Crippen LogP contribution in [0.15, 0.2) is 35.1 Å². The second-order valence-electron chi connectivity index (χ2n) is 9.97. The molecule has 0 spiro atoms. The molecule has 0 aliphatic heterocycles. The molecule has 9 heteroatoms. The third-order valence-electron chi connectivity index (χ3n) is 4.62. The molecule has 1 heterocycles. The number of rotatable bonds is 8. The Kier molecular flexibility index (Phi) is 8.73. The van der Waals surface area contributed by atoms with Crippen molar-refractivity contribution >= 4 is 61.2 Å². The van der Waals surface area contributed by atoms with Crippen molar-refractivity contribution in [3.63, 3.8) is 0 Å². The van der Waals surface area contributed by atoms with E-state index in [1.54, 1.807) is 12.3 Å². The lowest BCUT2D eigenvalue weighted by atomic mass is 10.2. The van der Waals surface area contributed by atoms with Gasteiger partial charge in [-0.2, -0.15) is 0 Å². The van der Waals surface area contributed by atoms with Crippen molar-refractivity contribution < 1.29 is 19.1 Å². The van der Waals surface area contributed by atoms with Gasteiger partial charge < -0.3 is 9.47 Å². The van der Waals surface area contributed by atoms with Crippen molar-refractivity contribution in [3.05, 3.63) is 40.6 Å². The molecule has 2 rings (SSSR count). The molecule has 170 valence electrons. The molecule has 0 saturated carbocycles. The standard InChI is InChI=1S/C22H33BrN2O4Si2/c1-30(2,3)13-11-28-21(26)24-10-9-17-16-25(20-15-18(23)7-8-19(17)20)22(27)29-12-14-31(4,5)6/h7-10,15-16H,11-14H2,1-6H3,(H,24,26)/b10-9-. The number of carbonyl (C=O) groups is 2. The first-order valence-corrected chi connectivity index (χ1v) is 18.6. The van der Waals surface area contributed by atoms with Crippen molar-refractivity contribution in [3.8, 4) is 0 Å². The molecular weight excluding hydrogens is 492 g/mol. The number of aromatic nitrogens is 1. The van der Waals surface area contributed by atoms with Crippen LogP contribution in [0.4, 0.5) is 9.59 Å². The van der Waals surface area contributed by atoms with E-state index in [0.29, 0.717) is 13.2 Å². The summed E-state index contributed by atoms with van der Waals surface area (Å²) < 4.78 is 13.1. The number of nitrogens with one attached hydrogen (secondary N) is 1. The number of halogens is 1. The summed E-state index contributed by atoms with van der Waals surface area (Å²) in [6.45, 7) is 14.3. The van der Waals surface area contributed by atoms with Crippen LogP contribution in [0.3, 0.4) is 0 Å². The number of ether oxygens (including phenoxy) is 2. The Balaban J connectivity index is 2.09. The lowest BCUT2D eigenvalue weighted by Gasteiger charge is -2.15. The van der Waals surface area contributed by atoms with E-state index < -0.39 is 28.3 Å². The van der Waals surface area contributed by atoms with Crippen molar-refractivity contribution in [1.82, 2.24) is 9.88 Å². The van der Waals surface area contributed by atoms with Crippen LogP contribution in [0.5, 0.6) is 0 Å². The molecule has 0 atom stereocenters. The lowest BCUT2D eigenvalue weighted by Crippen LogP contribution is -2.25. The predicted molar refractivity (Wildman–Crippen MR) is 136 cm³/mol. The highest BCUT2D eigenvalue weighted by Gasteiger charge is 2.17. The van der Waals surface area contributed by atoms with Gasteiger partial charge in [0, 0.05) is 44.0 Å². The number of amides is 1. The lowest BCUT2D eigenvalue weighted by molar-refractivity contribution is 0.154. The monoisotopic (exact) mass is 524 g/mol. The smallest absolute Gasteiger partial charge is 0.418 e. The largest absolute Gasteiger partial charge is 0.450 e. The molecule has 2 aromatic rings. The first kappa shape index (κ1) is 25.4. The molecule has 0 radical (unpaired) electrons. The van der Waals surface area contributed by atoms with E-state index in [0.717, 1.165) is 33.0 Å². The third-order valence-corrected chi connectivity index (χ3v) is 8.52. The van der Waals surface area contributed by atoms with Gasteiger partial charge in [0.2, 0.25) is 0 Å². The summed E-state index contributed by atoms with van der Waals surface area (Å²) >= 11 is 3.46. The normalized spacial score (nSPS) is 12.4. The summed E-state index contributed by atoms with van der Waals surface area (Å²) in [4.78, 5) is 24.6. The topological polar surface area (TPSA) is 69.6 Å². The third kappa shape index (κ3) is 8.66. The Bertz CT molecular complexity index is 959. The average molecular weight is 526 g/mol. The molecule has 0 aliphatic carbocycles. The van der Waals surface area contributed by atoms with Gasteiger partial charge in [0.15, 0.2) is 0 Å². The van der Waals surface area contributed by atoms with E-state index in [1.807, 2.05) is 18.2 Å². The molecule has 1 N–H and O–H groups in total. The summed E-state index contributed by atoms with van der Waals surface area (Å²) in [6.07, 6.45) is 4.13. The average Bonchev–Trinajstić information content (AvgIpc) is 2.97. The SMILES string of the molecule is C[Si](C)(C)CCOC(=O)N/C=C\c1cn(C(=O)OCC[Si](C)(C)C)c2cc(Br)ccc12. The van der Waals surface area contributed by atoms with E-state index in [-0.39, 0.29) is 0 Å². The Morgan fingerprint density at radius 2 is 1.65 bits per heavy atom. The maximum atomic E-state index is 12.7. The Labute approximate surface area is 195 Å². The second kappa shape index (κ2) is 10.6. The summed E-state index contributed by atoms with van der Waals surface area (Å²) in [6, 6.07) is 7.56. The summed E-state index contributed by atoms with van der Waals surface area (Å²) in [5.74, 6) is 0. The van der Waals surface area contributed by atoms with Gasteiger partial charge in [0.25, 0.3) is 0 Å². The van der Waals surface area contributed by atoms with Gasteiger partial charge in [-0.15, -0.1) is 0 Å². The molecule has 1 amide bonds. The fourth-order valence-corrected chi connectivity index (χ4v) is 4.49. The maximum absolute atomic E-state index is 12.7. The fourth-order valence-electron chi connectivity index (χ4n) is 2.72. The van der Waals surface area contributed by atoms with Gasteiger partial charge in [-0.25, -0.2) is 9.59 Å². The van der Waals surface area contributed by atoms with Crippen molar-refractivity contribution in [2.24, 2.45) is 0 Å². The van der Waals surface area contributed by atoms with E-state index in [9.17, 15) is 9.59 Å². The molecule has 6 nitrogen and oxygen atoms in total. The fraction of sp³-hybridized carbons (Fsp3) is 0.455. The minimum atomic E-state index is -1.29. The summed E-state index contributed by atoms with van der Waals surface area (Å²) in [5.41, 5.74) is 1.54. The number of alkyl carbamates (subject to hydrolysis) is 1. The first-order chi connectivity index (χ1) is 14.4. The highest BCUT2D eigenvalue weighted by molar-refractivity contribution is 9.10. The molecule has 0 fully saturated rings. The Morgan fingerprint density at radius 3 is 2.26 bits per heavy atom. The summed E-state index contributed by atoms with van der Waals surface area (Å²) in [7, 11) is -2.53. The van der Waals surface area contributed by atoms with Gasteiger partial charge in [0.05, 0.1) is 18.7 Å². The number of hydrogen-bond acceptors (Lipinski definition) is 4. The molecule has 0 bridgehead atoms. The van der Waals surface area contributed by atoms with Gasteiger partial charge in [-0.1, -0.05) is 61.3 Å². The second-order valence-corrected chi connectivity index (χ2v) is 22.1. The highest BCUT2D eigenvalue weighted by Crippen LogP contribution is 2.26. The van der Waals surface area contributed by atoms with Crippen LogP contribution in [0.25, 0.3) is 17.0 Å². The van der Waals surface area contributed by atoms with E-state index in [4.69, 9.17) is 9.47 Å². The quantitative estimate of drug-likeness (QED) is 0.387. The molecular formula is C22H33BrN2O4Si2. The molecule has 0 saturated heterocycles. The maximum Gasteiger partial charge on any atom is 0.418 e. The highest BCUT2D eigenvalue weighted by atomic mass is 79.9. The van der Waals surface area contributed by atoms with Crippen LogP contribution < -0.4 is 5.32 Å². The van der Waals surface area contributed by atoms with Crippen LogP contribution in [0, 0.1) is 0 Å². The molecule has 31 heavy (non-hydrogen) atoms. The molecule has 0 unspecified atom stereocenters. The zero-order valence-electron chi connectivity index (χ0n) is 19.3. The number of carbonyl (C=O) groups excluding carboxylic acids is 2. The zero-order chi connectivity index (χ0) is 23.2. The van der Waals surface area contributed by atoms with Crippen molar-refractivity contribution in [2.75, 3.05) is 13.2 Å². The van der Waals surface area contributed by atoms with Crippen LogP contribution in [-0.4, -0.2) is 46.1 Å². The van der Waals surface area contributed by atoms with Gasteiger partial charge in [0.1, 0.15) is 0 Å². The molecule has 0 aliphatic rings. The number of nitrogens with zero attached hydrogens (tertiary/aromatic N) is 1. The number of fused-ring (bicyclic) bond motifs is 1. The van der Waals surface area contributed by atoms with Crippen LogP contribution >= 0.6 is 15.9 Å². The Hall–Kier alpha value is -1.85. The minimum Gasteiger partial charge on any atom is -0.450 e. The van der Waals surface area contributed by atoms with E-state index >= 15 is 0 Å². The summed E-state index contributed by atoms with van der Waals surface area (Å²) in [5, 5.41) is 3.51. The first-order valence-electron chi connectivity index (χ1n) is 10.4. The van der Waals surface area contributed by atoms with Crippen LogP contribution in [-0.2, 0) is 9.47 Å². The van der Waals surface area contributed by atoms with E-state index in [1.165, 1.54) is 10.8 Å².